The zero-order valence-corrected chi connectivity index (χ0v) is 3.79. The van der Waals surface area contributed by atoms with Crippen LogP contribution in [-0.2, 0) is 0 Å². The van der Waals surface area contributed by atoms with E-state index >= 15 is 0 Å². The van der Waals surface area contributed by atoms with Crippen LogP contribution in [0.2, 0.25) is 0 Å². The van der Waals surface area contributed by atoms with Gasteiger partial charge in [0.15, 0.2) is 0 Å². The van der Waals surface area contributed by atoms with Gasteiger partial charge in [-0.05, 0) is 0 Å². The molecule has 0 aromatic rings. The molecule has 0 atom stereocenters. The maximum absolute atomic E-state index is 7.33. The van der Waals surface area contributed by atoms with E-state index in [-0.39, 0.29) is 58.1 Å². The van der Waals surface area contributed by atoms with Crippen LogP contribution < -0.4 is 0 Å². The van der Waals surface area contributed by atoms with Crippen LogP contribution in [0.1, 0.15) is 0 Å². The molecule has 0 spiro atoms. The topological polar surface area (TPSA) is 112 Å². The first-order valence-electron chi connectivity index (χ1n) is 0.894. The summed E-state index contributed by atoms with van der Waals surface area (Å²) in [5, 5.41) is 0. The Balaban J connectivity index is -0.0000000267. The van der Waals surface area contributed by atoms with Crippen LogP contribution in [0, 0.1) is 0 Å². The fourth-order valence-corrected chi connectivity index (χ4v) is 0. The van der Waals surface area contributed by atoms with Crippen molar-refractivity contribution in [3.8, 4) is 0 Å². The molecule has 0 saturated heterocycles. The summed E-state index contributed by atoms with van der Waals surface area (Å²) < 4.78 is 0. The molecule has 8 heteroatoms. The molecular formula is H9MgNaO5Si. The van der Waals surface area contributed by atoms with Gasteiger partial charge in [-0.3, -0.25) is 0 Å². The van der Waals surface area contributed by atoms with E-state index in [1.165, 1.54) is 0 Å². The van der Waals surface area contributed by atoms with Crippen LogP contribution in [0.15, 0.2) is 0 Å². The Bertz CT molecular complexity index is 27.9. The number of hydrogen-bond acceptors (Lipinski definition) is 4. The minimum absolute atomic E-state index is 0. The second-order valence-corrected chi connectivity index (χ2v) is 1.80. The summed E-state index contributed by atoms with van der Waals surface area (Å²) in [5.41, 5.74) is 0. The zero-order chi connectivity index (χ0) is 4.50. The summed E-state index contributed by atoms with van der Waals surface area (Å²) in [6.07, 6.45) is 0. The van der Waals surface area contributed by atoms with Crippen molar-refractivity contribution < 1.29 is 24.7 Å². The molecule has 0 radical (unpaired) electrons. The van der Waals surface area contributed by atoms with Crippen molar-refractivity contribution in [1.82, 2.24) is 0 Å². The molecule has 8 heavy (non-hydrogen) atoms. The Morgan fingerprint density at radius 2 is 0.875 bits per heavy atom. The molecule has 0 aromatic heterocycles. The second kappa shape index (κ2) is 8.78. The normalized spacial score (nSPS) is 7.50. The summed E-state index contributed by atoms with van der Waals surface area (Å²) >= 11 is 0. The zero-order valence-electron chi connectivity index (χ0n) is 2.79. The van der Waals surface area contributed by atoms with Gasteiger partial charge in [0.2, 0.25) is 0 Å². The van der Waals surface area contributed by atoms with Crippen LogP contribution in [0.3, 0.4) is 0 Å². The molecular weight excluding hydrogens is 155 g/mol. The number of rotatable bonds is 0. The Hall–Kier alpha value is 1.78. The molecule has 6 N–H and O–H groups in total. The van der Waals surface area contributed by atoms with Crippen LogP contribution in [-0.4, -0.2) is 86.3 Å². The van der Waals surface area contributed by atoms with E-state index in [9.17, 15) is 0 Å². The van der Waals surface area contributed by atoms with Gasteiger partial charge in [0.25, 0.3) is 0 Å². The van der Waals surface area contributed by atoms with Gasteiger partial charge in [0.1, 0.15) is 0 Å². The van der Waals surface area contributed by atoms with E-state index in [2.05, 4.69) is 0 Å². The van der Waals surface area contributed by atoms with Crippen molar-refractivity contribution in [3.63, 3.8) is 0 Å². The van der Waals surface area contributed by atoms with Crippen LogP contribution >= 0.6 is 0 Å². The van der Waals surface area contributed by atoms with Crippen molar-refractivity contribution in [3.05, 3.63) is 0 Å². The average Bonchev–Trinajstić information content (AvgIpc) is 0.722. The Kier molecular flexibility index (Phi) is 24.8. The fraction of sp³-hybridized carbons (Fsp3) is 0. The van der Waals surface area contributed by atoms with E-state index in [0.29, 0.717) is 0 Å². The molecule has 5 nitrogen and oxygen atoms in total. The maximum atomic E-state index is 7.33. The summed E-state index contributed by atoms with van der Waals surface area (Å²) in [4.78, 5) is 29.3. The standard InChI is InChI=1S/Mg.Na.H4O4Si.H2O.3H/c;;1-5(2,3)4;;;;/h;;1-4H;1H2;;;. The van der Waals surface area contributed by atoms with Crippen molar-refractivity contribution in [1.29, 1.82) is 0 Å². The molecule has 0 fully saturated rings. The first kappa shape index (κ1) is 22.6. The van der Waals surface area contributed by atoms with Gasteiger partial charge in [-0.2, -0.15) is 0 Å². The molecule has 0 aromatic carbocycles. The summed E-state index contributed by atoms with van der Waals surface area (Å²) in [7, 11) is -4.61. The predicted octanol–water partition coefficient (Wildman–Crippen LogP) is -5.00. The monoisotopic (exact) mass is 164 g/mol. The second-order valence-electron chi connectivity index (χ2n) is 0.600. The van der Waals surface area contributed by atoms with Gasteiger partial charge in [-0.1, -0.05) is 0 Å². The van der Waals surface area contributed by atoms with E-state index < -0.39 is 9.05 Å². The predicted molar refractivity (Wildman–Crippen MR) is 33.9 cm³/mol. The molecule has 0 aliphatic rings. The molecule has 0 unspecified atom stereocenters. The van der Waals surface area contributed by atoms with Crippen molar-refractivity contribution in [2.45, 2.75) is 0 Å². The van der Waals surface area contributed by atoms with Gasteiger partial charge in [-0.15, -0.1) is 0 Å². The fourth-order valence-electron chi connectivity index (χ4n) is 0. The van der Waals surface area contributed by atoms with Crippen LogP contribution in [0.4, 0.5) is 0 Å². The van der Waals surface area contributed by atoms with E-state index in [0.717, 1.165) is 0 Å². The van der Waals surface area contributed by atoms with Gasteiger partial charge in [0, 0.05) is 0 Å². The Morgan fingerprint density at radius 1 is 0.875 bits per heavy atom. The van der Waals surface area contributed by atoms with Gasteiger partial charge >= 0.3 is 61.7 Å². The van der Waals surface area contributed by atoms with Crippen LogP contribution in [0.5, 0.6) is 0 Å². The van der Waals surface area contributed by atoms with Crippen molar-refractivity contribution in [2.24, 2.45) is 0 Å². The SMILES string of the molecule is O.O[Si](O)(O)O.[MgH2].[NaH]. The van der Waals surface area contributed by atoms with Crippen LogP contribution in [0.25, 0.3) is 0 Å². The van der Waals surface area contributed by atoms with Gasteiger partial charge < -0.3 is 24.7 Å². The minimum atomic E-state index is -4.61. The van der Waals surface area contributed by atoms with Gasteiger partial charge in [-0.25, -0.2) is 0 Å². The first-order valence-corrected chi connectivity index (χ1v) is 2.68. The summed E-state index contributed by atoms with van der Waals surface area (Å²) in [6, 6.07) is 0. The van der Waals surface area contributed by atoms with E-state index in [1.54, 1.807) is 0 Å². The van der Waals surface area contributed by atoms with Crippen molar-refractivity contribution >= 4 is 61.7 Å². The molecule has 0 aliphatic carbocycles. The molecule has 0 rings (SSSR count). The first-order chi connectivity index (χ1) is 2.00. The third-order valence-corrected chi connectivity index (χ3v) is 0. The molecule has 0 amide bonds. The molecule has 0 saturated carbocycles. The Labute approximate surface area is 85.6 Å². The third kappa shape index (κ3) is 113. The molecule has 0 bridgehead atoms. The summed E-state index contributed by atoms with van der Waals surface area (Å²) in [5.74, 6) is 0. The number of hydrogen-bond donors (Lipinski definition) is 4. The van der Waals surface area contributed by atoms with E-state index in [4.69, 9.17) is 19.2 Å². The molecule has 0 aliphatic heterocycles. The van der Waals surface area contributed by atoms with E-state index in [1.807, 2.05) is 0 Å². The average molecular weight is 164 g/mol. The Morgan fingerprint density at radius 3 is 0.875 bits per heavy atom. The third-order valence-electron chi connectivity index (χ3n) is 0. The van der Waals surface area contributed by atoms with Crippen molar-refractivity contribution in [2.75, 3.05) is 0 Å². The van der Waals surface area contributed by atoms with Gasteiger partial charge in [0.05, 0.1) is 0 Å². The summed E-state index contributed by atoms with van der Waals surface area (Å²) in [6.45, 7) is 0. The molecule has 46 valence electrons. The quantitative estimate of drug-likeness (QED) is 0.269. The molecule has 0 heterocycles.